The molecular formula is C24H27N3O3. The van der Waals surface area contributed by atoms with Crippen LogP contribution in [-0.4, -0.2) is 29.7 Å². The van der Waals surface area contributed by atoms with Gasteiger partial charge >= 0.3 is 0 Å². The Balaban J connectivity index is 1.55. The van der Waals surface area contributed by atoms with Crippen molar-refractivity contribution in [1.82, 2.24) is 4.57 Å². The second-order valence-electron chi connectivity index (χ2n) is 7.95. The summed E-state index contributed by atoms with van der Waals surface area (Å²) in [6.45, 7) is 4.07. The summed E-state index contributed by atoms with van der Waals surface area (Å²) in [6, 6.07) is 16.0. The number of ether oxygens (including phenoxy) is 1. The molecule has 6 heteroatoms. The lowest BCUT2D eigenvalue weighted by atomic mass is 10.0. The number of amides is 1. The van der Waals surface area contributed by atoms with Crippen LogP contribution in [0.15, 0.2) is 53.3 Å². The van der Waals surface area contributed by atoms with Crippen molar-refractivity contribution in [2.75, 3.05) is 18.0 Å². The van der Waals surface area contributed by atoms with Crippen molar-refractivity contribution in [1.29, 1.82) is 0 Å². The molecule has 2 N–H and O–H groups in total. The van der Waals surface area contributed by atoms with E-state index in [1.165, 1.54) is 10.1 Å². The standard InChI is InChI=1S/C24H27N3O3/c1-16-7-9-17(10-8-16)15-30-18-11-13-27(14-12-18)22-19-5-3-4-6-20(19)26(2)24(29)21(22)23(25)28/h3-10,18H,11-15H2,1-2H3,(H2,25,28). The highest BCUT2D eigenvalue weighted by molar-refractivity contribution is 6.06. The number of aryl methyl sites for hydroxylation is 2. The van der Waals surface area contributed by atoms with Crippen molar-refractivity contribution in [2.24, 2.45) is 12.8 Å². The zero-order valence-corrected chi connectivity index (χ0v) is 17.4. The number of hydrogen-bond donors (Lipinski definition) is 1. The number of nitrogens with two attached hydrogens (primary N) is 1. The molecule has 6 nitrogen and oxygen atoms in total. The SMILES string of the molecule is Cc1ccc(COC2CCN(c3c(C(N)=O)c(=O)n(C)c4ccccc34)CC2)cc1. The number of benzene rings is 2. The lowest BCUT2D eigenvalue weighted by molar-refractivity contribution is 0.0251. The van der Waals surface area contributed by atoms with E-state index in [9.17, 15) is 9.59 Å². The third kappa shape index (κ3) is 3.83. The van der Waals surface area contributed by atoms with Crippen LogP contribution in [0.3, 0.4) is 0 Å². The predicted molar refractivity (Wildman–Crippen MR) is 119 cm³/mol. The zero-order valence-electron chi connectivity index (χ0n) is 17.4. The number of pyridine rings is 1. The quantitative estimate of drug-likeness (QED) is 0.707. The van der Waals surface area contributed by atoms with Crippen molar-refractivity contribution in [3.8, 4) is 0 Å². The van der Waals surface area contributed by atoms with Gasteiger partial charge in [-0.1, -0.05) is 48.0 Å². The van der Waals surface area contributed by atoms with Gasteiger partial charge in [0.05, 0.1) is 23.9 Å². The van der Waals surface area contributed by atoms with Gasteiger partial charge in [-0.2, -0.15) is 0 Å². The fraction of sp³-hybridized carbons (Fsp3) is 0.333. The number of para-hydroxylation sites is 1. The minimum absolute atomic E-state index is 0.0650. The molecule has 1 saturated heterocycles. The molecular weight excluding hydrogens is 378 g/mol. The van der Waals surface area contributed by atoms with Gasteiger partial charge in [0.2, 0.25) is 0 Å². The number of anilines is 1. The number of fused-ring (bicyclic) bond motifs is 1. The topological polar surface area (TPSA) is 77.6 Å². The summed E-state index contributed by atoms with van der Waals surface area (Å²) in [6.07, 6.45) is 1.80. The normalized spacial score (nSPS) is 14.9. The molecule has 0 atom stereocenters. The number of nitrogens with zero attached hydrogens (tertiary/aromatic N) is 2. The minimum atomic E-state index is -0.686. The highest BCUT2D eigenvalue weighted by atomic mass is 16.5. The summed E-state index contributed by atoms with van der Waals surface area (Å²) in [5.41, 5.74) is 9.18. The molecule has 1 aliphatic rings. The third-order valence-electron chi connectivity index (χ3n) is 5.89. The monoisotopic (exact) mass is 405 g/mol. The summed E-state index contributed by atoms with van der Waals surface area (Å²) >= 11 is 0. The summed E-state index contributed by atoms with van der Waals surface area (Å²) < 4.78 is 7.61. The van der Waals surface area contributed by atoms with E-state index >= 15 is 0 Å². The van der Waals surface area contributed by atoms with Crippen molar-refractivity contribution in [3.05, 3.63) is 75.6 Å². The second kappa shape index (κ2) is 8.32. The van der Waals surface area contributed by atoms with E-state index in [1.807, 2.05) is 24.3 Å². The molecule has 1 amide bonds. The summed E-state index contributed by atoms with van der Waals surface area (Å²) in [4.78, 5) is 27.1. The molecule has 4 rings (SSSR count). The highest BCUT2D eigenvalue weighted by Crippen LogP contribution is 2.31. The van der Waals surface area contributed by atoms with Gasteiger partial charge in [0.15, 0.2) is 0 Å². The summed E-state index contributed by atoms with van der Waals surface area (Å²) in [7, 11) is 1.67. The molecule has 2 aromatic carbocycles. The predicted octanol–water partition coefficient (Wildman–Crippen LogP) is 3.13. The number of carbonyl (C=O) groups is 1. The van der Waals surface area contributed by atoms with Crippen LogP contribution < -0.4 is 16.2 Å². The molecule has 0 radical (unpaired) electrons. The van der Waals surface area contributed by atoms with E-state index in [0.29, 0.717) is 25.4 Å². The van der Waals surface area contributed by atoms with Crippen LogP contribution >= 0.6 is 0 Å². The number of aromatic nitrogens is 1. The fourth-order valence-corrected chi connectivity index (χ4v) is 4.17. The van der Waals surface area contributed by atoms with Gasteiger partial charge in [0.25, 0.3) is 11.5 Å². The van der Waals surface area contributed by atoms with Crippen LogP contribution in [0.1, 0.15) is 34.3 Å². The Morgan fingerprint density at radius 2 is 1.77 bits per heavy atom. The first kappa shape index (κ1) is 20.2. The Hall–Kier alpha value is -3.12. The highest BCUT2D eigenvalue weighted by Gasteiger charge is 2.27. The maximum atomic E-state index is 12.8. The van der Waals surface area contributed by atoms with Gasteiger partial charge in [-0.05, 0) is 31.4 Å². The molecule has 30 heavy (non-hydrogen) atoms. The molecule has 0 unspecified atom stereocenters. The van der Waals surface area contributed by atoms with Crippen LogP contribution in [0.25, 0.3) is 10.9 Å². The van der Waals surface area contributed by atoms with Gasteiger partial charge in [-0.15, -0.1) is 0 Å². The van der Waals surface area contributed by atoms with Crippen molar-refractivity contribution in [2.45, 2.75) is 32.5 Å². The number of rotatable bonds is 5. The van der Waals surface area contributed by atoms with E-state index in [2.05, 4.69) is 36.1 Å². The fourth-order valence-electron chi connectivity index (χ4n) is 4.17. The molecule has 156 valence electrons. The van der Waals surface area contributed by atoms with Crippen LogP contribution in [0.4, 0.5) is 5.69 Å². The summed E-state index contributed by atoms with van der Waals surface area (Å²) in [5, 5.41) is 0.868. The Labute approximate surface area is 175 Å². The first-order chi connectivity index (χ1) is 14.5. The van der Waals surface area contributed by atoms with E-state index < -0.39 is 5.91 Å². The Kier molecular flexibility index (Phi) is 5.59. The lowest BCUT2D eigenvalue weighted by Crippen LogP contribution is -2.40. The Morgan fingerprint density at radius 1 is 1.10 bits per heavy atom. The Morgan fingerprint density at radius 3 is 2.43 bits per heavy atom. The third-order valence-corrected chi connectivity index (χ3v) is 5.89. The van der Waals surface area contributed by atoms with E-state index in [4.69, 9.17) is 10.5 Å². The van der Waals surface area contributed by atoms with E-state index in [0.717, 1.165) is 29.3 Å². The Bertz CT molecular complexity index is 1130. The number of carbonyl (C=O) groups excluding carboxylic acids is 1. The largest absolute Gasteiger partial charge is 0.373 e. The molecule has 0 spiro atoms. The molecule has 1 aromatic heterocycles. The maximum absolute atomic E-state index is 12.8. The van der Waals surface area contributed by atoms with Crippen molar-refractivity contribution in [3.63, 3.8) is 0 Å². The molecule has 2 heterocycles. The van der Waals surface area contributed by atoms with Crippen LogP contribution in [0.5, 0.6) is 0 Å². The molecule has 0 bridgehead atoms. The van der Waals surface area contributed by atoms with Crippen molar-refractivity contribution >= 4 is 22.5 Å². The smallest absolute Gasteiger partial charge is 0.265 e. The molecule has 3 aromatic rings. The van der Waals surface area contributed by atoms with Crippen LogP contribution in [-0.2, 0) is 18.4 Å². The van der Waals surface area contributed by atoms with Gasteiger partial charge in [-0.25, -0.2) is 0 Å². The van der Waals surface area contributed by atoms with E-state index in [1.54, 1.807) is 7.05 Å². The minimum Gasteiger partial charge on any atom is -0.373 e. The van der Waals surface area contributed by atoms with Gasteiger partial charge in [-0.3, -0.25) is 9.59 Å². The average Bonchev–Trinajstić information content (AvgIpc) is 2.76. The van der Waals surface area contributed by atoms with Gasteiger partial charge in [0.1, 0.15) is 5.56 Å². The van der Waals surface area contributed by atoms with Crippen LogP contribution in [0, 0.1) is 6.92 Å². The van der Waals surface area contributed by atoms with Gasteiger partial charge < -0.3 is 19.9 Å². The number of hydrogen-bond acceptors (Lipinski definition) is 4. The van der Waals surface area contributed by atoms with Crippen molar-refractivity contribution < 1.29 is 9.53 Å². The van der Waals surface area contributed by atoms with E-state index in [-0.39, 0.29) is 17.2 Å². The second-order valence-corrected chi connectivity index (χ2v) is 7.95. The molecule has 0 aliphatic carbocycles. The first-order valence-electron chi connectivity index (χ1n) is 10.3. The summed E-state index contributed by atoms with van der Waals surface area (Å²) in [5.74, 6) is -0.686. The average molecular weight is 405 g/mol. The lowest BCUT2D eigenvalue weighted by Gasteiger charge is -2.35. The number of primary amides is 1. The maximum Gasteiger partial charge on any atom is 0.265 e. The van der Waals surface area contributed by atoms with Crippen LogP contribution in [0.2, 0.25) is 0 Å². The molecule has 0 saturated carbocycles. The first-order valence-corrected chi connectivity index (χ1v) is 10.3. The number of piperidine rings is 1. The molecule has 1 aliphatic heterocycles. The van der Waals surface area contributed by atoms with Gasteiger partial charge in [0, 0.05) is 25.5 Å². The molecule has 1 fully saturated rings. The zero-order chi connectivity index (χ0) is 21.3.